The van der Waals surface area contributed by atoms with Gasteiger partial charge in [-0.15, -0.1) is 0 Å². The lowest BCUT2D eigenvalue weighted by atomic mass is 9.99. The van der Waals surface area contributed by atoms with Gasteiger partial charge in [0.1, 0.15) is 5.75 Å². The molecule has 0 radical (unpaired) electrons. The van der Waals surface area contributed by atoms with E-state index in [2.05, 4.69) is 52.2 Å². The fraction of sp³-hybridized carbons (Fsp3) is 0.273. The molecule has 0 saturated heterocycles. The Balaban J connectivity index is 1.74. The Morgan fingerprint density at radius 3 is 2.86 bits per heavy atom. The lowest BCUT2D eigenvalue weighted by molar-refractivity contribution is -0.111. The number of nitrogens with zero attached hydrogens (tertiary/aromatic N) is 1. The van der Waals surface area contributed by atoms with E-state index in [-0.39, 0.29) is 5.91 Å². The van der Waals surface area contributed by atoms with Crippen molar-refractivity contribution in [2.75, 3.05) is 11.9 Å². The Morgan fingerprint density at radius 1 is 1.29 bits per heavy atom. The summed E-state index contributed by atoms with van der Waals surface area (Å²) in [6.45, 7) is 6.90. The fourth-order valence-electron chi connectivity index (χ4n) is 2.79. The van der Waals surface area contributed by atoms with Crippen LogP contribution in [0.3, 0.4) is 0 Å². The van der Waals surface area contributed by atoms with Crippen LogP contribution < -0.4 is 10.1 Å². The number of rotatable bonds is 7. The lowest BCUT2D eigenvalue weighted by Gasteiger charge is -2.07. The minimum absolute atomic E-state index is 0.219. The molecule has 1 unspecified atom stereocenters. The van der Waals surface area contributed by atoms with Crippen LogP contribution in [0.25, 0.3) is 16.3 Å². The van der Waals surface area contributed by atoms with Crippen LogP contribution in [0.5, 0.6) is 5.75 Å². The number of carbonyl (C=O) groups is 1. The summed E-state index contributed by atoms with van der Waals surface area (Å²) in [5, 5.41) is 3.46. The number of thiazole rings is 1. The Morgan fingerprint density at radius 2 is 2.11 bits per heavy atom. The van der Waals surface area contributed by atoms with Crippen LogP contribution in [-0.4, -0.2) is 17.5 Å². The van der Waals surface area contributed by atoms with E-state index in [9.17, 15) is 4.79 Å². The van der Waals surface area contributed by atoms with Crippen LogP contribution in [0.15, 0.2) is 46.9 Å². The first kappa shape index (κ1) is 20.6. The van der Waals surface area contributed by atoms with Crippen molar-refractivity contribution in [2.24, 2.45) is 0 Å². The molecule has 0 aliphatic heterocycles. The van der Waals surface area contributed by atoms with E-state index in [4.69, 9.17) is 4.74 Å². The van der Waals surface area contributed by atoms with Gasteiger partial charge < -0.3 is 4.74 Å². The topological polar surface area (TPSA) is 51.2 Å². The van der Waals surface area contributed by atoms with Crippen LogP contribution in [0.4, 0.5) is 5.13 Å². The monoisotopic (exact) mass is 458 g/mol. The zero-order valence-corrected chi connectivity index (χ0v) is 18.6. The molecule has 0 saturated carbocycles. The van der Waals surface area contributed by atoms with Crippen molar-refractivity contribution in [3.63, 3.8) is 0 Å². The number of halogens is 1. The molecule has 0 spiro atoms. The SMILES string of the molecule is CCOc1ccc(Br)cc1/C=C/C(=O)Nc1nc2ccc(C(C)CC)cc2s1. The van der Waals surface area contributed by atoms with Crippen molar-refractivity contribution < 1.29 is 9.53 Å². The van der Waals surface area contributed by atoms with Gasteiger partial charge in [-0.3, -0.25) is 10.1 Å². The van der Waals surface area contributed by atoms with Gasteiger partial charge in [-0.2, -0.15) is 0 Å². The number of fused-ring (bicyclic) bond motifs is 1. The summed E-state index contributed by atoms with van der Waals surface area (Å²) in [4.78, 5) is 16.9. The number of amides is 1. The van der Waals surface area contributed by atoms with Gasteiger partial charge in [0, 0.05) is 16.1 Å². The fourth-order valence-corrected chi connectivity index (χ4v) is 4.08. The van der Waals surface area contributed by atoms with Crippen LogP contribution in [0.1, 0.15) is 44.2 Å². The Bertz CT molecular complexity index is 1010. The summed E-state index contributed by atoms with van der Waals surface area (Å²) in [7, 11) is 0. The van der Waals surface area contributed by atoms with Crippen LogP contribution in [0.2, 0.25) is 0 Å². The zero-order valence-electron chi connectivity index (χ0n) is 16.2. The Kier molecular flexibility index (Phi) is 6.86. The molecule has 1 N–H and O–H groups in total. The number of carbonyl (C=O) groups excluding carboxylic acids is 1. The standard InChI is InChI=1S/C22H23BrN2O2S/c1-4-14(3)15-6-9-18-20(13-15)28-22(24-18)25-21(26)11-7-16-12-17(23)8-10-19(16)27-5-2/h6-14H,4-5H2,1-3H3,(H,24,25,26)/b11-7+. The van der Waals surface area contributed by atoms with Gasteiger partial charge >= 0.3 is 0 Å². The predicted octanol–water partition coefficient (Wildman–Crippen LogP) is 6.62. The molecule has 1 amide bonds. The second-order valence-electron chi connectivity index (χ2n) is 6.49. The third kappa shape index (κ3) is 5.00. The minimum Gasteiger partial charge on any atom is -0.493 e. The number of hydrogen-bond donors (Lipinski definition) is 1. The van der Waals surface area contributed by atoms with E-state index in [0.717, 1.165) is 32.4 Å². The summed E-state index contributed by atoms with van der Waals surface area (Å²) >= 11 is 4.94. The molecule has 6 heteroatoms. The average molecular weight is 459 g/mol. The van der Waals surface area contributed by atoms with E-state index in [1.54, 1.807) is 6.08 Å². The van der Waals surface area contributed by atoms with E-state index in [1.807, 2.05) is 31.2 Å². The quantitative estimate of drug-likeness (QED) is 0.404. The molecule has 2 aromatic carbocycles. The second-order valence-corrected chi connectivity index (χ2v) is 8.44. The van der Waals surface area contributed by atoms with Crippen LogP contribution in [0, 0.1) is 0 Å². The van der Waals surface area contributed by atoms with Gasteiger partial charge in [0.15, 0.2) is 5.13 Å². The van der Waals surface area contributed by atoms with Crippen molar-refractivity contribution >= 4 is 54.6 Å². The number of aromatic nitrogens is 1. The van der Waals surface area contributed by atoms with Gasteiger partial charge in [-0.1, -0.05) is 47.2 Å². The van der Waals surface area contributed by atoms with Gasteiger partial charge in [-0.25, -0.2) is 4.98 Å². The molecule has 0 fully saturated rings. The van der Waals surface area contributed by atoms with Crippen molar-refractivity contribution in [1.29, 1.82) is 0 Å². The number of anilines is 1. The van der Waals surface area contributed by atoms with Crippen molar-refractivity contribution in [3.05, 3.63) is 58.1 Å². The molecule has 0 aliphatic rings. The molecule has 0 aliphatic carbocycles. The summed E-state index contributed by atoms with van der Waals surface area (Å²) in [6.07, 6.45) is 4.35. The summed E-state index contributed by atoms with van der Waals surface area (Å²) in [6, 6.07) is 12.0. The van der Waals surface area contributed by atoms with Gasteiger partial charge in [0.2, 0.25) is 5.91 Å². The summed E-state index contributed by atoms with van der Waals surface area (Å²) in [5.41, 5.74) is 3.05. The van der Waals surface area contributed by atoms with Crippen molar-refractivity contribution in [1.82, 2.24) is 4.98 Å². The van der Waals surface area contributed by atoms with Crippen LogP contribution >= 0.6 is 27.3 Å². The maximum absolute atomic E-state index is 12.4. The molecule has 3 rings (SSSR count). The zero-order chi connectivity index (χ0) is 20.1. The highest BCUT2D eigenvalue weighted by Gasteiger charge is 2.09. The molecule has 0 bridgehead atoms. The highest BCUT2D eigenvalue weighted by atomic mass is 79.9. The number of hydrogen-bond acceptors (Lipinski definition) is 4. The van der Waals surface area contributed by atoms with E-state index in [1.165, 1.54) is 23.0 Å². The molecule has 1 aromatic heterocycles. The van der Waals surface area contributed by atoms with Gasteiger partial charge in [0.25, 0.3) is 0 Å². The number of ether oxygens (including phenoxy) is 1. The molecule has 146 valence electrons. The van der Waals surface area contributed by atoms with Gasteiger partial charge in [0.05, 0.1) is 16.8 Å². The first-order chi connectivity index (χ1) is 13.5. The highest BCUT2D eigenvalue weighted by Crippen LogP contribution is 2.30. The van der Waals surface area contributed by atoms with E-state index >= 15 is 0 Å². The number of nitrogens with one attached hydrogen (secondary N) is 1. The minimum atomic E-state index is -0.219. The van der Waals surface area contributed by atoms with Crippen molar-refractivity contribution in [2.45, 2.75) is 33.1 Å². The maximum atomic E-state index is 12.4. The summed E-state index contributed by atoms with van der Waals surface area (Å²) < 4.78 is 7.62. The first-order valence-electron chi connectivity index (χ1n) is 9.32. The molecule has 1 atom stereocenters. The van der Waals surface area contributed by atoms with E-state index in [0.29, 0.717) is 17.7 Å². The Hall–Kier alpha value is -2.18. The highest BCUT2D eigenvalue weighted by molar-refractivity contribution is 9.10. The largest absolute Gasteiger partial charge is 0.493 e. The average Bonchev–Trinajstić information content (AvgIpc) is 3.08. The smallest absolute Gasteiger partial charge is 0.250 e. The van der Waals surface area contributed by atoms with Crippen LogP contribution in [-0.2, 0) is 4.79 Å². The van der Waals surface area contributed by atoms with Gasteiger partial charge in [-0.05, 0) is 61.2 Å². The molecular formula is C22H23BrN2O2S. The Labute approximate surface area is 177 Å². The third-order valence-corrected chi connectivity index (χ3v) is 5.94. The molecule has 4 nitrogen and oxygen atoms in total. The predicted molar refractivity (Wildman–Crippen MR) is 121 cm³/mol. The van der Waals surface area contributed by atoms with Crippen molar-refractivity contribution in [3.8, 4) is 5.75 Å². The number of benzene rings is 2. The first-order valence-corrected chi connectivity index (χ1v) is 10.9. The van der Waals surface area contributed by atoms with E-state index < -0.39 is 0 Å². The molecule has 1 heterocycles. The third-order valence-electron chi connectivity index (χ3n) is 4.51. The molecule has 3 aromatic rings. The second kappa shape index (κ2) is 9.34. The lowest BCUT2D eigenvalue weighted by Crippen LogP contribution is -2.07. The normalized spacial score (nSPS) is 12.4. The molecule has 28 heavy (non-hydrogen) atoms. The maximum Gasteiger partial charge on any atom is 0.250 e. The molecular weight excluding hydrogens is 436 g/mol. The summed E-state index contributed by atoms with van der Waals surface area (Å²) in [5.74, 6) is 1.04.